The van der Waals surface area contributed by atoms with E-state index in [2.05, 4.69) is 5.32 Å². The minimum absolute atomic E-state index is 0.111. The standard InChI is InChI=1S/C7H17NO2S/c1-4-7(8-3)6-11(9,10)5-2/h7-8H,4-6H2,1-3H3. The number of hydrogen-bond acceptors (Lipinski definition) is 3. The first-order chi connectivity index (χ1) is 5.05. The highest BCUT2D eigenvalue weighted by molar-refractivity contribution is 7.91. The van der Waals surface area contributed by atoms with Crippen LogP contribution in [0.5, 0.6) is 0 Å². The average Bonchev–Trinajstić information content (AvgIpc) is 2.00. The summed E-state index contributed by atoms with van der Waals surface area (Å²) in [6.07, 6.45) is 0.857. The number of nitrogens with one attached hydrogen (secondary N) is 1. The minimum Gasteiger partial charge on any atom is -0.316 e. The van der Waals surface area contributed by atoms with Gasteiger partial charge in [-0.25, -0.2) is 8.42 Å². The fourth-order valence-electron chi connectivity index (χ4n) is 0.830. The Morgan fingerprint density at radius 1 is 1.36 bits per heavy atom. The maximum absolute atomic E-state index is 11.1. The van der Waals surface area contributed by atoms with Crippen molar-refractivity contribution in [1.82, 2.24) is 5.32 Å². The first-order valence-corrected chi connectivity index (χ1v) is 5.75. The molecule has 0 rings (SSSR count). The van der Waals surface area contributed by atoms with E-state index in [1.165, 1.54) is 0 Å². The third-order valence-corrected chi connectivity index (χ3v) is 3.59. The van der Waals surface area contributed by atoms with Crippen molar-refractivity contribution in [2.24, 2.45) is 0 Å². The van der Waals surface area contributed by atoms with E-state index in [-0.39, 0.29) is 17.5 Å². The van der Waals surface area contributed by atoms with E-state index in [4.69, 9.17) is 0 Å². The molecule has 68 valence electrons. The lowest BCUT2D eigenvalue weighted by atomic mass is 10.3. The molecule has 0 heterocycles. The maximum atomic E-state index is 11.1. The first-order valence-electron chi connectivity index (χ1n) is 3.93. The molecular weight excluding hydrogens is 162 g/mol. The van der Waals surface area contributed by atoms with Crippen LogP contribution in [0.25, 0.3) is 0 Å². The zero-order valence-corrected chi connectivity index (χ0v) is 8.24. The van der Waals surface area contributed by atoms with Crippen molar-refractivity contribution in [3.05, 3.63) is 0 Å². The Labute approximate surface area is 69.1 Å². The van der Waals surface area contributed by atoms with E-state index in [0.29, 0.717) is 0 Å². The molecule has 0 aromatic heterocycles. The van der Waals surface area contributed by atoms with Crippen LogP contribution in [0.3, 0.4) is 0 Å². The molecule has 0 aliphatic rings. The van der Waals surface area contributed by atoms with Gasteiger partial charge in [-0.1, -0.05) is 13.8 Å². The van der Waals surface area contributed by atoms with Crippen LogP contribution in [-0.4, -0.2) is 33.0 Å². The van der Waals surface area contributed by atoms with Crippen molar-refractivity contribution in [2.75, 3.05) is 18.6 Å². The maximum Gasteiger partial charge on any atom is 0.151 e. The predicted octanol–water partition coefficient (Wildman–Crippen LogP) is 0.419. The van der Waals surface area contributed by atoms with Crippen LogP contribution in [0.4, 0.5) is 0 Å². The summed E-state index contributed by atoms with van der Waals surface area (Å²) in [6.45, 7) is 3.66. The molecule has 0 saturated carbocycles. The lowest BCUT2D eigenvalue weighted by Crippen LogP contribution is -2.32. The predicted molar refractivity (Wildman–Crippen MR) is 47.5 cm³/mol. The van der Waals surface area contributed by atoms with Gasteiger partial charge in [-0.3, -0.25) is 0 Å². The van der Waals surface area contributed by atoms with Crippen LogP contribution < -0.4 is 5.32 Å². The van der Waals surface area contributed by atoms with Gasteiger partial charge in [-0.05, 0) is 13.5 Å². The van der Waals surface area contributed by atoms with E-state index < -0.39 is 9.84 Å². The Morgan fingerprint density at radius 2 is 1.91 bits per heavy atom. The summed E-state index contributed by atoms with van der Waals surface area (Å²) in [5.41, 5.74) is 0. The summed E-state index contributed by atoms with van der Waals surface area (Å²) in [7, 11) is -1.01. The highest BCUT2D eigenvalue weighted by Crippen LogP contribution is 1.97. The minimum atomic E-state index is -2.81. The third-order valence-electron chi connectivity index (χ3n) is 1.80. The van der Waals surface area contributed by atoms with Crippen molar-refractivity contribution in [2.45, 2.75) is 26.3 Å². The second-order valence-corrected chi connectivity index (χ2v) is 4.99. The molecular formula is C7H17NO2S. The van der Waals surface area contributed by atoms with Gasteiger partial charge in [0, 0.05) is 11.8 Å². The van der Waals surface area contributed by atoms with Gasteiger partial charge in [-0.2, -0.15) is 0 Å². The Balaban J connectivity index is 4.01. The lowest BCUT2D eigenvalue weighted by Gasteiger charge is -2.12. The van der Waals surface area contributed by atoms with Gasteiger partial charge in [0.1, 0.15) is 0 Å². The second-order valence-electron chi connectivity index (χ2n) is 2.59. The van der Waals surface area contributed by atoms with Gasteiger partial charge < -0.3 is 5.32 Å². The van der Waals surface area contributed by atoms with Crippen LogP contribution in [0.15, 0.2) is 0 Å². The molecule has 4 heteroatoms. The van der Waals surface area contributed by atoms with Crippen LogP contribution in [0.1, 0.15) is 20.3 Å². The smallest absolute Gasteiger partial charge is 0.151 e. The Morgan fingerprint density at radius 3 is 2.18 bits per heavy atom. The van der Waals surface area contributed by atoms with Gasteiger partial charge >= 0.3 is 0 Å². The zero-order valence-electron chi connectivity index (χ0n) is 7.42. The molecule has 11 heavy (non-hydrogen) atoms. The van der Waals surface area contributed by atoms with E-state index in [1.807, 2.05) is 6.92 Å². The summed E-state index contributed by atoms with van der Waals surface area (Å²) < 4.78 is 22.2. The van der Waals surface area contributed by atoms with Crippen LogP contribution in [0.2, 0.25) is 0 Å². The Hall–Kier alpha value is -0.0900. The highest BCUT2D eigenvalue weighted by Gasteiger charge is 2.13. The van der Waals surface area contributed by atoms with Crippen LogP contribution in [-0.2, 0) is 9.84 Å². The zero-order chi connectivity index (χ0) is 8.91. The second kappa shape index (κ2) is 4.72. The largest absolute Gasteiger partial charge is 0.316 e. The molecule has 0 bridgehead atoms. The molecule has 0 aromatic carbocycles. The molecule has 1 unspecified atom stereocenters. The molecule has 0 saturated heterocycles. The summed E-state index contributed by atoms with van der Waals surface area (Å²) >= 11 is 0. The number of sulfone groups is 1. The van der Waals surface area contributed by atoms with Crippen molar-refractivity contribution < 1.29 is 8.42 Å². The Kier molecular flexibility index (Phi) is 4.68. The van der Waals surface area contributed by atoms with Gasteiger partial charge in [0.05, 0.1) is 5.75 Å². The lowest BCUT2D eigenvalue weighted by molar-refractivity contribution is 0.557. The summed E-state index contributed by atoms with van der Waals surface area (Å²) in [4.78, 5) is 0. The van der Waals surface area contributed by atoms with Crippen molar-refractivity contribution >= 4 is 9.84 Å². The molecule has 1 atom stereocenters. The van der Waals surface area contributed by atoms with Crippen molar-refractivity contribution in [3.63, 3.8) is 0 Å². The fourth-order valence-corrected chi connectivity index (χ4v) is 2.08. The molecule has 0 aliphatic heterocycles. The molecule has 0 aromatic rings. The van der Waals surface area contributed by atoms with Gasteiger partial charge in [0.25, 0.3) is 0 Å². The fraction of sp³-hybridized carbons (Fsp3) is 1.00. The van der Waals surface area contributed by atoms with E-state index >= 15 is 0 Å². The summed E-state index contributed by atoms with van der Waals surface area (Å²) in [5.74, 6) is 0.502. The molecule has 0 spiro atoms. The highest BCUT2D eigenvalue weighted by atomic mass is 32.2. The van der Waals surface area contributed by atoms with E-state index in [1.54, 1.807) is 14.0 Å². The SMILES string of the molecule is CCC(CS(=O)(=O)CC)NC. The summed E-state index contributed by atoms with van der Waals surface area (Å²) in [5, 5.41) is 2.96. The molecule has 1 N–H and O–H groups in total. The van der Waals surface area contributed by atoms with Crippen LogP contribution >= 0.6 is 0 Å². The first kappa shape index (κ1) is 10.9. The monoisotopic (exact) mass is 179 g/mol. The Bertz CT molecular complexity index is 183. The molecule has 0 aliphatic carbocycles. The van der Waals surface area contributed by atoms with Crippen molar-refractivity contribution in [1.29, 1.82) is 0 Å². The van der Waals surface area contributed by atoms with E-state index in [0.717, 1.165) is 6.42 Å². The molecule has 3 nitrogen and oxygen atoms in total. The number of hydrogen-bond donors (Lipinski definition) is 1. The number of rotatable bonds is 5. The molecule has 0 amide bonds. The van der Waals surface area contributed by atoms with Gasteiger partial charge in [-0.15, -0.1) is 0 Å². The van der Waals surface area contributed by atoms with Gasteiger partial charge in [0.2, 0.25) is 0 Å². The quantitative estimate of drug-likeness (QED) is 0.665. The topological polar surface area (TPSA) is 46.2 Å². The summed E-state index contributed by atoms with van der Waals surface area (Å²) in [6, 6.07) is 0.111. The molecule has 0 radical (unpaired) electrons. The van der Waals surface area contributed by atoms with Crippen molar-refractivity contribution in [3.8, 4) is 0 Å². The average molecular weight is 179 g/mol. The van der Waals surface area contributed by atoms with E-state index in [9.17, 15) is 8.42 Å². The normalized spacial score (nSPS) is 14.8. The third kappa shape index (κ3) is 4.37. The molecule has 0 fully saturated rings. The van der Waals surface area contributed by atoms with Gasteiger partial charge in [0.15, 0.2) is 9.84 Å². The van der Waals surface area contributed by atoms with Crippen LogP contribution in [0, 0.1) is 0 Å².